The van der Waals surface area contributed by atoms with Gasteiger partial charge in [0.1, 0.15) is 18.0 Å². The summed E-state index contributed by atoms with van der Waals surface area (Å²) < 4.78 is 6.07. The van der Waals surface area contributed by atoms with Crippen LogP contribution in [0.25, 0.3) is 0 Å². The Labute approximate surface area is 142 Å². The Bertz CT molecular complexity index is 612. The molecule has 2 atom stereocenters. The van der Waals surface area contributed by atoms with Gasteiger partial charge in [-0.1, -0.05) is 26.0 Å². The molecule has 0 radical (unpaired) electrons. The Kier molecular flexibility index (Phi) is 5.36. The van der Waals surface area contributed by atoms with E-state index in [9.17, 15) is 5.11 Å². The molecule has 1 fully saturated rings. The molecule has 124 valence electrons. The number of nitrogens with zero attached hydrogens (tertiary/aromatic N) is 1. The third-order valence-corrected chi connectivity index (χ3v) is 5.13. The first-order chi connectivity index (χ1) is 11.1. The van der Waals surface area contributed by atoms with Crippen molar-refractivity contribution in [2.45, 2.75) is 44.9 Å². The summed E-state index contributed by atoms with van der Waals surface area (Å²) >= 11 is 1.72. The van der Waals surface area contributed by atoms with Crippen LogP contribution in [0.2, 0.25) is 0 Å². The van der Waals surface area contributed by atoms with Gasteiger partial charge in [-0.2, -0.15) is 11.3 Å². The Hall–Kier alpha value is -1.36. The van der Waals surface area contributed by atoms with Crippen molar-refractivity contribution >= 4 is 11.3 Å². The number of piperidine rings is 1. The van der Waals surface area contributed by atoms with Crippen LogP contribution in [0.15, 0.2) is 41.1 Å². The molecule has 3 nitrogen and oxygen atoms in total. The number of hydrogen-bond donors (Lipinski definition) is 1. The van der Waals surface area contributed by atoms with Crippen molar-refractivity contribution < 1.29 is 9.84 Å². The molecule has 1 aromatic heterocycles. The number of rotatable bonds is 5. The van der Waals surface area contributed by atoms with E-state index in [4.69, 9.17) is 4.74 Å². The third-order valence-electron chi connectivity index (χ3n) is 4.40. The van der Waals surface area contributed by atoms with Crippen molar-refractivity contribution in [1.29, 1.82) is 0 Å². The summed E-state index contributed by atoms with van der Waals surface area (Å²) in [4.78, 5) is 2.30. The Morgan fingerprint density at radius 2 is 2.22 bits per heavy atom. The molecule has 0 aliphatic carbocycles. The predicted molar refractivity (Wildman–Crippen MR) is 95.2 cm³/mol. The molecule has 0 unspecified atom stereocenters. The maximum atomic E-state index is 10.4. The monoisotopic (exact) mass is 331 g/mol. The summed E-state index contributed by atoms with van der Waals surface area (Å²) in [6.45, 7) is 6.90. The summed E-state index contributed by atoms with van der Waals surface area (Å²) in [5.41, 5.74) is 2.60. The molecule has 1 aliphatic rings. The molecule has 1 aliphatic heterocycles. The first-order valence-electron chi connectivity index (χ1n) is 8.30. The summed E-state index contributed by atoms with van der Waals surface area (Å²) in [5, 5.41) is 14.7. The van der Waals surface area contributed by atoms with Crippen LogP contribution in [-0.4, -0.2) is 35.3 Å². The van der Waals surface area contributed by atoms with Crippen LogP contribution >= 0.6 is 11.3 Å². The van der Waals surface area contributed by atoms with Crippen molar-refractivity contribution in [3.8, 4) is 5.75 Å². The lowest BCUT2D eigenvalue weighted by molar-refractivity contribution is -0.0275. The fourth-order valence-corrected chi connectivity index (χ4v) is 3.68. The maximum Gasteiger partial charge on any atom is 0.127 e. The molecule has 1 aromatic carbocycles. The second-order valence-electron chi connectivity index (χ2n) is 6.61. The van der Waals surface area contributed by atoms with Gasteiger partial charge in [0.25, 0.3) is 0 Å². The average molecular weight is 331 g/mol. The van der Waals surface area contributed by atoms with Crippen molar-refractivity contribution in [3.05, 3.63) is 52.2 Å². The molecule has 3 rings (SSSR count). The van der Waals surface area contributed by atoms with Crippen LogP contribution in [0, 0.1) is 0 Å². The van der Waals surface area contributed by atoms with Crippen LogP contribution in [0.4, 0.5) is 0 Å². The number of ether oxygens (including phenoxy) is 1. The van der Waals surface area contributed by atoms with E-state index in [0.29, 0.717) is 12.5 Å². The van der Waals surface area contributed by atoms with Crippen LogP contribution in [0.3, 0.4) is 0 Å². The minimum absolute atomic E-state index is 0.115. The SMILES string of the molecule is CC(C)c1cccc(O[C@@H]2CCN(Cc3ccsc3)C[C@H]2O)c1. The fourth-order valence-electron chi connectivity index (χ4n) is 3.02. The molecule has 0 amide bonds. The van der Waals surface area contributed by atoms with E-state index in [1.807, 2.05) is 12.1 Å². The highest BCUT2D eigenvalue weighted by molar-refractivity contribution is 7.07. The predicted octanol–water partition coefficient (Wildman–Crippen LogP) is 3.89. The molecular formula is C19H25NO2S. The van der Waals surface area contributed by atoms with Crippen molar-refractivity contribution in [1.82, 2.24) is 4.90 Å². The highest BCUT2D eigenvalue weighted by Gasteiger charge is 2.29. The van der Waals surface area contributed by atoms with Crippen LogP contribution in [-0.2, 0) is 6.54 Å². The molecule has 1 saturated heterocycles. The highest BCUT2D eigenvalue weighted by Crippen LogP contribution is 2.24. The number of likely N-dealkylation sites (tertiary alicyclic amines) is 1. The molecule has 2 heterocycles. The average Bonchev–Trinajstić information content (AvgIpc) is 3.03. The number of aliphatic hydroxyl groups is 1. The number of benzene rings is 1. The first kappa shape index (κ1) is 16.5. The number of aliphatic hydroxyl groups excluding tert-OH is 1. The normalized spacial score (nSPS) is 22.4. The van der Waals surface area contributed by atoms with E-state index >= 15 is 0 Å². The van der Waals surface area contributed by atoms with E-state index < -0.39 is 6.10 Å². The van der Waals surface area contributed by atoms with Gasteiger partial charge in [0.2, 0.25) is 0 Å². The third kappa shape index (κ3) is 4.34. The lowest BCUT2D eigenvalue weighted by Gasteiger charge is -2.35. The molecule has 0 bridgehead atoms. The van der Waals surface area contributed by atoms with Crippen LogP contribution in [0.1, 0.15) is 37.3 Å². The van der Waals surface area contributed by atoms with E-state index in [-0.39, 0.29) is 6.10 Å². The molecule has 4 heteroatoms. The number of thiophene rings is 1. The molecule has 0 saturated carbocycles. The first-order valence-corrected chi connectivity index (χ1v) is 9.24. The lowest BCUT2D eigenvalue weighted by atomic mass is 10.0. The maximum absolute atomic E-state index is 10.4. The number of β-amino-alcohol motifs (C(OH)–C–C–N with tert-alkyl or cyclic N) is 1. The second kappa shape index (κ2) is 7.47. The molecule has 23 heavy (non-hydrogen) atoms. The molecule has 2 aromatic rings. The topological polar surface area (TPSA) is 32.7 Å². The summed E-state index contributed by atoms with van der Waals surface area (Å²) in [6, 6.07) is 10.4. The van der Waals surface area contributed by atoms with Gasteiger partial charge in [-0.25, -0.2) is 0 Å². The number of hydrogen-bond acceptors (Lipinski definition) is 4. The van der Waals surface area contributed by atoms with Crippen LogP contribution < -0.4 is 4.74 Å². The lowest BCUT2D eigenvalue weighted by Crippen LogP contribution is -2.48. The standard InChI is InChI=1S/C19H25NO2S/c1-14(2)16-4-3-5-17(10-16)22-19-6-8-20(12-18(19)21)11-15-7-9-23-13-15/h3-5,7,9-10,13-14,18-19,21H,6,8,11-12H2,1-2H3/t18-,19-/m1/s1. The van der Waals surface area contributed by atoms with Gasteiger partial charge in [0, 0.05) is 19.6 Å². The van der Waals surface area contributed by atoms with E-state index in [0.717, 1.165) is 25.3 Å². The smallest absolute Gasteiger partial charge is 0.127 e. The van der Waals surface area contributed by atoms with Crippen molar-refractivity contribution in [2.75, 3.05) is 13.1 Å². The van der Waals surface area contributed by atoms with Gasteiger partial charge < -0.3 is 9.84 Å². The van der Waals surface area contributed by atoms with Crippen LogP contribution in [0.5, 0.6) is 5.75 Å². The highest BCUT2D eigenvalue weighted by atomic mass is 32.1. The van der Waals surface area contributed by atoms with Gasteiger partial charge >= 0.3 is 0 Å². The van der Waals surface area contributed by atoms with Crippen molar-refractivity contribution in [3.63, 3.8) is 0 Å². The summed E-state index contributed by atoms with van der Waals surface area (Å²) in [6.07, 6.45) is 0.304. The Balaban J connectivity index is 1.57. The second-order valence-corrected chi connectivity index (χ2v) is 7.39. The van der Waals surface area contributed by atoms with E-state index in [1.165, 1.54) is 11.1 Å². The van der Waals surface area contributed by atoms with Gasteiger partial charge in [-0.05, 0) is 52.4 Å². The molecule has 0 spiro atoms. The quantitative estimate of drug-likeness (QED) is 0.902. The zero-order valence-electron chi connectivity index (χ0n) is 13.8. The van der Waals surface area contributed by atoms with Gasteiger partial charge in [0.15, 0.2) is 0 Å². The molecule has 1 N–H and O–H groups in total. The van der Waals surface area contributed by atoms with Gasteiger partial charge in [0.05, 0.1) is 0 Å². The van der Waals surface area contributed by atoms with E-state index in [2.05, 4.69) is 47.7 Å². The minimum atomic E-state index is -0.440. The largest absolute Gasteiger partial charge is 0.488 e. The van der Waals surface area contributed by atoms with Gasteiger partial charge in [-0.15, -0.1) is 0 Å². The van der Waals surface area contributed by atoms with Gasteiger partial charge in [-0.3, -0.25) is 4.90 Å². The van der Waals surface area contributed by atoms with Crippen molar-refractivity contribution in [2.24, 2.45) is 0 Å². The molecular weight excluding hydrogens is 306 g/mol. The summed E-state index contributed by atoms with van der Waals surface area (Å²) in [5.74, 6) is 1.35. The fraction of sp³-hybridized carbons (Fsp3) is 0.474. The zero-order valence-corrected chi connectivity index (χ0v) is 14.6. The minimum Gasteiger partial charge on any atom is -0.488 e. The van der Waals surface area contributed by atoms with E-state index in [1.54, 1.807) is 11.3 Å². The summed E-state index contributed by atoms with van der Waals surface area (Å²) in [7, 11) is 0. The Morgan fingerprint density at radius 1 is 1.35 bits per heavy atom. The Morgan fingerprint density at radius 3 is 2.91 bits per heavy atom. The zero-order chi connectivity index (χ0) is 16.2.